The largest absolute Gasteiger partial charge is 0.326 e. The maximum atomic E-state index is 12.5. The highest BCUT2D eigenvalue weighted by molar-refractivity contribution is 6.31. The summed E-state index contributed by atoms with van der Waals surface area (Å²) < 4.78 is 0. The second kappa shape index (κ2) is 9.04. The number of carbonyl (C=O) groups excluding carboxylic acids is 3. The summed E-state index contributed by atoms with van der Waals surface area (Å²) in [6.45, 7) is 1.98. The normalized spacial score (nSPS) is 12.8. The zero-order valence-electron chi connectivity index (χ0n) is 16.3. The SMILES string of the molecule is Cc1c(Cl)cccc1NC(=O)CCCCCN1C(=O)c2cccc([N+](=O)[O-])c2C1=O. The zero-order valence-corrected chi connectivity index (χ0v) is 17.1. The van der Waals surface area contributed by atoms with Crippen LogP contribution in [0.5, 0.6) is 0 Å². The van der Waals surface area contributed by atoms with Gasteiger partial charge in [0.2, 0.25) is 5.91 Å². The molecule has 8 nitrogen and oxygen atoms in total. The number of benzene rings is 2. The van der Waals surface area contributed by atoms with Crippen molar-refractivity contribution >= 4 is 40.7 Å². The van der Waals surface area contributed by atoms with E-state index >= 15 is 0 Å². The summed E-state index contributed by atoms with van der Waals surface area (Å²) in [7, 11) is 0. The fraction of sp³-hybridized carbons (Fsp3) is 0.286. The molecular weight excluding hydrogens is 410 g/mol. The molecule has 0 fully saturated rings. The fourth-order valence-electron chi connectivity index (χ4n) is 3.36. The molecule has 0 saturated heterocycles. The lowest BCUT2D eigenvalue weighted by Gasteiger charge is -2.13. The smallest absolute Gasteiger partial charge is 0.282 e. The lowest BCUT2D eigenvalue weighted by atomic mass is 10.1. The number of nitro groups is 1. The third-order valence-electron chi connectivity index (χ3n) is 5.00. The summed E-state index contributed by atoms with van der Waals surface area (Å²) in [6, 6.07) is 9.32. The molecule has 0 aromatic heterocycles. The van der Waals surface area contributed by atoms with Crippen molar-refractivity contribution in [3.63, 3.8) is 0 Å². The predicted molar refractivity (Wildman–Crippen MR) is 112 cm³/mol. The van der Waals surface area contributed by atoms with Gasteiger partial charge < -0.3 is 5.32 Å². The number of nitrogens with one attached hydrogen (secondary N) is 1. The number of rotatable bonds is 8. The van der Waals surface area contributed by atoms with E-state index in [4.69, 9.17) is 11.6 Å². The molecule has 0 aliphatic carbocycles. The van der Waals surface area contributed by atoms with Crippen molar-refractivity contribution in [3.05, 3.63) is 68.2 Å². The molecule has 0 spiro atoms. The van der Waals surface area contributed by atoms with Crippen LogP contribution in [0.1, 0.15) is 52.0 Å². The molecule has 1 heterocycles. The molecule has 9 heteroatoms. The minimum Gasteiger partial charge on any atom is -0.326 e. The van der Waals surface area contributed by atoms with Crippen molar-refractivity contribution < 1.29 is 19.3 Å². The van der Waals surface area contributed by atoms with Gasteiger partial charge in [-0.3, -0.25) is 29.4 Å². The van der Waals surface area contributed by atoms with Crippen molar-refractivity contribution in [2.24, 2.45) is 0 Å². The Morgan fingerprint density at radius 1 is 1.10 bits per heavy atom. The van der Waals surface area contributed by atoms with Crippen molar-refractivity contribution in [1.29, 1.82) is 0 Å². The Morgan fingerprint density at radius 2 is 1.83 bits per heavy atom. The third kappa shape index (κ3) is 4.33. The predicted octanol–water partition coefficient (Wildman–Crippen LogP) is 4.35. The van der Waals surface area contributed by atoms with Crippen molar-refractivity contribution in [3.8, 4) is 0 Å². The maximum absolute atomic E-state index is 12.5. The van der Waals surface area contributed by atoms with E-state index < -0.39 is 16.7 Å². The number of carbonyl (C=O) groups is 3. The Kier molecular flexibility index (Phi) is 6.47. The molecule has 3 amide bonds. The van der Waals surface area contributed by atoms with Crippen LogP contribution in [0.15, 0.2) is 36.4 Å². The van der Waals surface area contributed by atoms with E-state index in [9.17, 15) is 24.5 Å². The quantitative estimate of drug-likeness (QED) is 0.290. The van der Waals surface area contributed by atoms with E-state index in [0.29, 0.717) is 36.4 Å². The van der Waals surface area contributed by atoms with E-state index in [-0.39, 0.29) is 29.3 Å². The highest BCUT2D eigenvalue weighted by Crippen LogP contribution is 2.31. The van der Waals surface area contributed by atoms with Gasteiger partial charge in [-0.1, -0.05) is 30.2 Å². The minimum absolute atomic E-state index is 0.0606. The summed E-state index contributed by atoms with van der Waals surface area (Å²) in [4.78, 5) is 48.5. The summed E-state index contributed by atoms with van der Waals surface area (Å²) >= 11 is 6.04. The summed E-state index contributed by atoms with van der Waals surface area (Å²) in [5, 5.41) is 14.5. The molecule has 2 aromatic carbocycles. The second-order valence-electron chi connectivity index (χ2n) is 6.99. The number of hydrogen-bond donors (Lipinski definition) is 1. The standard InChI is InChI=1S/C21H20ClN3O5/c1-13-15(22)8-6-9-16(13)23-18(26)11-3-2-4-12-24-20(27)14-7-5-10-17(25(29)30)19(14)21(24)28/h5-10H,2-4,11-12H2,1H3,(H,23,26). The van der Waals surface area contributed by atoms with Crippen LogP contribution in [0.4, 0.5) is 11.4 Å². The molecule has 0 radical (unpaired) electrons. The number of nitro benzene ring substituents is 1. The lowest BCUT2D eigenvalue weighted by Crippen LogP contribution is -2.30. The Morgan fingerprint density at radius 3 is 2.57 bits per heavy atom. The third-order valence-corrected chi connectivity index (χ3v) is 5.41. The van der Waals surface area contributed by atoms with E-state index in [2.05, 4.69) is 5.32 Å². The van der Waals surface area contributed by atoms with Gasteiger partial charge in [0, 0.05) is 29.7 Å². The molecule has 0 saturated carbocycles. The molecule has 30 heavy (non-hydrogen) atoms. The van der Waals surface area contributed by atoms with Crippen LogP contribution in [0.2, 0.25) is 5.02 Å². The van der Waals surface area contributed by atoms with Gasteiger partial charge in [0.1, 0.15) is 5.56 Å². The first-order valence-corrected chi connectivity index (χ1v) is 9.87. The van der Waals surface area contributed by atoms with Crippen LogP contribution in [0.25, 0.3) is 0 Å². The Balaban J connectivity index is 1.48. The average Bonchev–Trinajstić information content (AvgIpc) is 2.96. The van der Waals surface area contributed by atoms with E-state index in [1.165, 1.54) is 18.2 Å². The van der Waals surface area contributed by atoms with Gasteiger partial charge in [-0.2, -0.15) is 0 Å². The highest BCUT2D eigenvalue weighted by atomic mass is 35.5. The second-order valence-corrected chi connectivity index (χ2v) is 7.40. The number of hydrogen-bond acceptors (Lipinski definition) is 5. The summed E-state index contributed by atoms with van der Waals surface area (Å²) in [5.74, 6) is -1.30. The monoisotopic (exact) mass is 429 g/mol. The maximum Gasteiger partial charge on any atom is 0.282 e. The van der Waals surface area contributed by atoms with Gasteiger partial charge in [0.05, 0.1) is 10.5 Å². The molecule has 1 aliphatic heterocycles. The summed E-state index contributed by atoms with van der Waals surface area (Å²) in [6.07, 6.45) is 1.99. The van der Waals surface area contributed by atoms with Crippen molar-refractivity contribution in [2.75, 3.05) is 11.9 Å². The first-order valence-electron chi connectivity index (χ1n) is 9.50. The molecular formula is C21H20ClN3O5. The number of anilines is 1. The van der Waals surface area contributed by atoms with E-state index in [1.807, 2.05) is 6.92 Å². The number of halogens is 1. The molecule has 156 valence electrons. The van der Waals surface area contributed by atoms with Crippen LogP contribution < -0.4 is 5.32 Å². The molecule has 0 unspecified atom stereocenters. The molecule has 1 aliphatic rings. The number of fused-ring (bicyclic) bond motifs is 1. The van der Waals surface area contributed by atoms with Crippen molar-refractivity contribution in [1.82, 2.24) is 4.90 Å². The number of amides is 3. The van der Waals surface area contributed by atoms with Crippen molar-refractivity contribution in [2.45, 2.75) is 32.6 Å². The molecule has 0 bridgehead atoms. The van der Waals surface area contributed by atoms with Gasteiger partial charge in [-0.15, -0.1) is 0 Å². The minimum atomic E-state index is -0.659. The van der Waals surface area contributed by atoms with E-state index in [0.717, 1.165) is 10.5 Å². The Labute approximate surface area is 178 Å². The molecule has 0 atom stereocenters. The van der Waals surface area contributed by atoms with Crippen LogP contribution in [-0.4, -0.2) is 34.1 Å². The van der Waals surface area contributed by atoms with Gasteiger partial charge in [-0.25, -0.2) is 0 Å². The van der Waals surface area contributed by atoms with Gasteiger partial charge in [-0.05, 0) is 43.5 Å². The molecule has 3 rings (SSSR count). The first-order chi connectivity index (χ1) is 14.3. The number of nitrogens with zero attached hydrogens (tertiary/aromatic N) is 2. The van der Waals surface area contributed by atoms with Gasteiger partial charge in [0.25, 0.3) is 17.5 Å². The number of unbranched alkanes of at least 4 members (excludes halogenated alkanes) is 2. The van der Waals surface area contributed by atoms with Crippen LogP contribution in [0, 0.1) is 17.0 Å². The van der Waals surface area contributed by atoms with Crippen LogP contribution in [0.3, 0.4) is 0 Å². The Bertz CT molecular complexity index is 1040. The fourth-order valence-corrected chi connectivity index (χ4v) is 3.53. The topological polar surface area (TPSA) is 110 Å². The average molecular weight is 430 g/mol. The van der Waals surface area contributed by atoms with Gasteiger partial charge >= 0.3 is 0 Å². The first kappa shape index (κ1) is 21.4. The number of imide groups is 1. The van der Waals surface area contributed by atoms with Crippen LogP contribution in [-0.2, 0) is 4.79 Å². The zero-order chi connectivity index (χ0) is 21.8. The highest BCUT2D eigenvalue weighted by Gasteiger charge is 2.40. The molecule has 2 aromatic rings. The summed E-state index contributed by atoms with van der Waals surface area (Å²) in [5.41, 5.74) is 1.02. The Hall–Kier alpha value is -3.26. The van der Waals surface area contributed by atoms with Crippen LogP contribution >= 0.6 is 11.6 Å². The lowest BCUT2D eigenvalue weighted by molar-refractivity contribution is -0.385. The van der Waals surface area contributed by atoms with Gasteiger partial charge in [0.15, 0.2) is 0 Å². The molecule has 1 N–H and O–H groups in total. The van der Waals surface area contributed by atoms with E-state index in [1.54, 1.807) is 18.2 Å².